The van der Waals surface area contributed by atoms with E-state index in [0.29, 0.717) is 17.7 Å². The first kappa shape index (κ1) is 31.4. The molecule has 3 amide bonds. The second-order valence-electron chi connectivity index (χ2n) is 9.19. The molecule has 1 aliphatic rings. The summed E-state index contributed by atoms with van der Waals surface area (Å²) in [7, 11) is 0. The molecule has 1 aliphatic carbocycles. The number of nitrogens with zero attached hydrogens (tertiary/aromatic N) is 1. The minimum atomic E-state index is -0.805. The molecule has 0 bridgehead atoms. The normalized spacial score (nSPS) is 14.0. The van der Waals surface area contributed by atoms with Gasteiger partial charge in [-0.05, 0) is 59.5 Å². The third kappa shape index (κ3) is 10.9. The van der Waals surface area contributed by atoms with Crippen LogP contribution < -0.4 is 32.9 Å². The van der Waals surface area contributed by atoms with Crippen molar-refractivity contribution in [3.8, 4) is 0 Å². The van der Waals surface area contributed by atoms with Crippen molar-refractivity contribution in [1.29, 1.82) is 0 Å². The molecule has 1 unspecified atom stereocenters. The van der Waals surface area contributed by atoms with E-state index in [4.69, 9.17) is 9.47 Å². The lowest BCUT2D eigenvalue weighted by Gasteiger charge is -2.23. The van der Waals surface area contributed by atoms with E-state index < -0.39 is 18.4 Å². The van der Waals surface area contributed by atoms with Gasteiger partial charge in [0.2, 0.25) is 0 Å². The van der Waals surface area contributed by atoms with Crippen LogP contribution in [0.25, 0.3) is 0 Å². The highest BCUT2D eigenvalue weighted by atomic mass is 79.9. The molecule has 1 fully saturated rings. The van der Waals surface area contributed by atoms with Crippen molar-refractivity contribution in [2.75, 3.05) is 11.9 Å². The Bertz CT molecular complexity index is 1060. The summed E-state index contributed by atoms with van der Waals surface area (Å²) in [5.74, 6) is -0.192. The number of amides is 3. The number of rotatable bonds is 10. The minimum absolute atomic E-state index is 0. The minimum Gasteiger partial charge on any atom is -1.00 e. The van der Waals surface area contributed by atoms with Crippen LogP contribution in [0.2, 0.25) is 0 Å². The Labute approximate surface area is 238 Å². The zero-order chi connectivity index (χ0) is 26.6. The second-order valence-corrected chi connectivity index (χ2v) is 10.1. The number of nitrogens with one attached hydrogen (secondary N) is 3. The van der Waals surface area contributed by atoms with Crippen LogP contribution in [0.15, 0.2) is 47.2 Å². The molecule has 208 valence electrons. The molecule has 0 spiro atoms. The third-order valence-electron chi connectivity index (χ3n) is 6.00. The Balaban J connectivity index is 0.00000507. The molecule has 1 saturated carbocycles. The first-order valence-corrected chi connectivity index (χ1v) is 13.6. The maximum atomic E-state index is 12.7. The predicted octanol–water partition coefficient (Wildman–Crippen LogP) is 2.08. The highest BCUT2D eigenvalue weighted by Gasteiger charge is 2.19. The largest absolute Gasteiger partial charge is 1.00 e. The molecule has 0 aliphatic heterocycles. The molecule has 0 radical (unpaired) electrons. The SMILES string of the molecule is CCC[n+]1cc(Br)cc(C(=O)Nc2ccc(CCOC(=O)NC(C)OC(=O)NC3CCCCC3)cc2)c1.[Cl-]. The number of anilines is 1. The van der Waals surface area contributed by atoms with Crippen LogP contribution in [0.4, 0.5) is 15.3 Å². The van der Waals surface area contributed by atoms with Crippen LogP contribution in [-0.2, 0) is 22.4 Å². The molecule has 3 rings (SSSR count). The number of benzene rings is 1. The topological polar surface area (TPSA) is 110 Å². The number of aryl methyl sites for hydroxylation is 1. The van der Waals surface area contributed by atoms with Crippen LogP contribution in [-0.4, -0.2) is 37.0 Å². The molecule has 3 N–H and O–H groups in total. The lowest BCUT2D eigenvalue weighted by Crippen LogP contribution is -3.00. The summed E-state index contributed by atoms with van der Waals surface area (Å²) in [5, 5.41) is 8.24. The highest BCUT2D eigenvalue weighted by Crippen LogP contribution is 2.17. The fourth-order valence-electron chi connectivity index (χ4n) is 4.17. The first-order chi connectivity index (χ1) is 17.8. The molecule has 1 heterocycles. The lowest BCUT2D eigenvalue weighted by molar-refractivity contribution is -0.697. The van der Waals surface area contributed by atoms with Gasteiger partial charge in [0, 0.05) is 24.6 Å². The number of carbonyl (C=O) groups excluding carboxylic acids is 3. The van der Waals surface area contributed by atoms with Gasteiger partial charge in [0.05, 0.1) is 11.1 Å². The van der Waals surface area contributed by atoms with E-state index in [2.05, 4.69) is 38.8 Å². The van der Waals surface area contributed by atoms with Crippen molar-refractivity contribution < 1.29 is 40.8 Å². The number of carbonyl (C=O) groups is 3. The molecule has 1 aromatic heterocycles. The summed E-state index contributed by atoms with van der Waals surface area (Å²) in [6, 6.07) is 9.29. The monoisotopic (exact) mass is 610 g/mol. The molecule has 2 aromatic rings. The molecule has 1 atom stereocenters. The number of hydrogen-bond donors (Lipinski definition) is 3. The summed E-state index contributed by atoms with van der Waals surface area (Å²) in [6.45, 7) is 4.65. The summed E-state index contributed by atoms with van der Waals surface area (Å²) in [4.78, 5) is 36.7. The van der Waals surface area contributed by atoms with E-state index in [1.807, 2.05) is 41.2 Å². The Hall–Kier alpha value is -2.85. The summed E-state index contributed by atoms with van der Waals surface area (Å²) in [6.07, 6.45) is 8.57. The summed E-state index contributed by atoms with van der Waals surface area (Å²) in [5.41, 5.74) is 2.19. The van der Waals surface area contributed by atoms with Gasteiger partial charge in [-0.25, -0.2) is 14.2 Å². The number of alkyl carbamates (subject to hydrolysis) is 2. The van der Waals surface area contributed by atoms with Crippen LogP contribution >= 0.6 is 15.9 Å². The van der Waals surface area contributed by atoms with Crippen molar-refractivity contribution in [3.63, 3.8) is 0 Å². The summed E-state index contributed by atoms with van der Waals surface area (Å²) < 4.78 is 13.2. The zero-order valence-corrected chi connectivity index (χ0v) is 24.1. The smallest absolute Gasteiger partial charge is 0.409 e. The number of ether oxygens (including phenoxy) is 2. The van der Waals surface area contributed by atoms with Crippen LogP contribution in [0, 0.1) is 0 Å². The van der Waals surface area contributed by atoms with Gasteiger partial charge in [-0.3, -0.25) is 10.1 Å². The quantitative estimate of drug-likeness (QED) is 0.282. The Morgan fingerprint density at radius 3 is 2.47 bits per heavy atom. The van der Waals surface area contributed by atoms with Crippen molar-refractivity contribution >= 4 is 39.7 Å². The van der Waals surface area contributed by atoms with Gasteiger partial charge in [0.1, 0.15) is 12.1 Å². The van der Waals surface area contributed by atoms with E-state index in [-0.39, 0.29) is 31.0 Å². The van der Waals surface area contributed by atoms with Crippen LogP contribution in [0.5, 0.6) is 0 Å². The van der Waals surface area contributed by atoms with Gasteiger partial charge < -0.3 is 32.5 Å². The van der Waals surface area contributed by atoms with E-state index >= 15 is 0 Å². The standard InChI is InChI=1S/C27H35BrN4O5.ClH/c1-3-14-32-17-21(16-22(28)18-32)25(33)30-24-11-9-20(10-12-24)13-15-36-26(34)29-19(2)37-27(35)31-23-7-5-4-6-8-23;/h9-12,16-19,23H,3-8,13-15H2,1-2H3,(H2-,29,30,31,33,34,35);1H. The van der Waals surface area contributed by atoms with Crippen molar-refractivity contribution in [2.24, 2.45) is 0 Å². The molecular formula is C27H36BrClN4O5. The molecule has 0 saturated heterocycles. The van der Waals surface area contributed by atoms with E-state index in [0.717, 1.165) is 48.7 Å². The fourth-order valence-corrected chi connectivity index (χ4v) is 4.68. The van der Waals surface area contributed by atoms with Gasteiger partial charge in [0.25, 0.3) is 5.91 Å². The van der Waals surface area contributed by atoms with Crippen molar-refractivity contribution in [3.05, 3.63) is 58.3 Å². The van der Waals surface area contributed by atoms with Gasteiger partial charge in [-0.15, -0.1) is 0 Å². The average molecular weight is 612 g/mol. The second kappa shape index (κ2) is 16.2. The number of pyridine rings is 1. The van der Waals surface area contributed by atoms with E-state index in [9.17, 15) is 14.4 Å². The Kier molecular flexibility index (Phi) is 13.4. The Morgan fingerprint density at radius 2 is 1.79 bits per heavy atom. The molecule has 38 heavy (non-hydrogen) atoms. The first-order valence-electron chi connectivity index (χ1n) is 12.8. The summed E-state index contributed by atoms with van der Waals surface area (Å²) >= 11 is 3.46. The van der Waals surface area contributed by atoms with Gasteiger partial charge in [0.15, 0.2) is 18.6 Å². The van der Waals surface area contributed by atoms with Crippen LogP contribution in [0.3, 0.4) is 0 Å². The zero-order valence-electron chi connectivity index (χ0n) is 21.8. The molecule has 1 aromatic carbocycles. The van der Waals surface area contributed by atoms with Crippen molar-refractivity contribution in [2.45, 2.75) is 77.6 Å². The van der Waals surface area contributed by atoms with Crippen molar-refractivity contribution in [1.82, 2.24) is 10.6 Å². The molecular weight excluding hydrogens is 576 g/mol. The lowest BCUT2D eigenvalue weighted by atomic mass is 9.96. The van der Waals surface area contributed by atoms with Crippen LogP contribution in [0.1, 0.15) is 68.3 Å². The van der Waals surface area contributed by atoms with Gasteiger partial charge >= 0.3 is 12.2 Å². The average Bonchev–Trinajstić information content (AvgIpc) is 2.85. The number of halogens is 2. The predicted molar refractivity (Wildman–Crippen MR) is 143 cm³/mol. The molecule has 9 nitrogen and oxygen atoms in total. The Morgan fingerprint density at radius 1 is 1.08 bits per heavy atom. The maximum absolute atomic E-state index is 12.7. The fraction of sp³-hybridized carbons (Fsp3) is 0.481. The third-order valence-corrected chi connectivity index (χ3v) is 6.43. The van der Waals surface area contributed by atoms with E-state index in [1.54, 1.807) is 13.0 Å². The van der Waals surface area contributed by atoms with E-state index in [1.165, 1.54) is 6.42 Å². The number of aromatic nitrogens is 1. The maximum Gasteiger partial charge on any atom is 0.409 e. The number of hydrogen-bond acceptors (Lipinski definition) is 5. The van der Waals surface area contributed by atoms with Gasteiger partial charge in [-0.2, -0.15) is 0 Å². The highest BCUT2D eigenvalue weighted by molar-refractivity contribution is 9.10. The molecule has 11 heteroatoms. The van der Waals surface area contributed by atoms with Gasteiger partial charge in [-0.1, -0.05) is 38.3 Å².